The Balaban J connectivity index is 1.38. The molecule has 0 spiro atoms. The maximum atomic E-state index is 11.9. The first kappa shape index (κ1) is 21.6. The lowest BCUT2D eigenvalue weighted by Crippen LogP contribution is -2.23. The van der Waals surface area contributed by atoms with Gasteiger partial charge >= 0.3 is 0 Å². The summed E-state index contributed by atoms with van der Waals surface area (Å²) in [6.45, 7) is 5.54. The van der Waals surface area contributed by atoms with E-state index in [0.29, 0.717) is 0 Å². The molecular formula is C21H30N2O2S2. The third-order valence-electron chi connectivity index (χ3n) is 4.35. The third-order valence-corrected chi connectivity index (χ3v) is 6.35. The van der Waals surface area contributed by atoms with Gasteiger partial charge in [-0.2, -0.15) is 0 Å². The van der Waals surface area contributed by atoms with Gasteiger partial charge in [-0.05, 0) is 51.0 Å². The minimum atomic E-state index is 0.0489. The summed E-state index contributed by atoms with van der Waals surface area (Å²) in [7, 11) is 0. The van der Waals surface area contributed by atoms with Crippen LogP contribution in [0.4, 0.5) is 0 Å². The van der Waals surface area contributed by atoms with Gasteiger partial charge in [-0.15, -0.1) is 22.7 Å². The lowest BCUT2D eigenvalue weighted by molar-refractivity contribution is 0.0949. The monoisotopic (exact) mass is 406 g/mol. The molecule has 0 aliphatic carbocycles. The molecule has 2 heterocycles. The molecule has 2 amide bonds. The van der Waals surface area contributed by atoms with Crippen LogP contribution in [-0.2, 0) is 0 Å². The molecule has 0 radical (unpaired) electrons. The lowest BCUT2D eigenvalue weighted by Gasteiger charge is -2.05. The highest BCUT2D eigenvalue weighted by molar-refractivity contribution is 7.14. The SMILES string of the molecule is Cc1ccc(C(=O)NCCCCCCCCCNC(=O)c2ccc(C)s2)s1. The van der Waals surface area contributed by atoms with Gasteiger partial charge in [0.2, 0.25) is 0 Å². The smallest absolute Gasteiger partial charge is 0.261 e. The summed E-state index contributed by atoms with van der Waals surface area (Å²) in [4.78, 5) is 27.7. The minimum absolute atomic E-state index is 0.0489. The average Bonchev–Trinajstić information content (AvgIpc) is 3.27. The molecule has 6 heteroatoms. The molecule has 27 heavy (non-hydrogen) atoms. The van der Waals surface area contributed by atoms with Crippen molar-refractivity contribution < 1.29 is 9.59 Å². The van der Waals surface area contributed by atoms with Crippen molar-refractivity contribution in [2.75, 3.05) is 13.1 Å². The fraction of sp³-hybridized carbons (Fsp3) is 0.524. The lowest BCUT2D eigenvalue weighted by atomic mass is 10.1. The van der Waals surface area contributed by atoms with Crippen molar-refractivity contribution in [3.05, 3.63) is 43.8 Å². The number of rotatable bonds is 12. The number of aryl methyl sites for hydroxylation is 2. The Labute approximate surface area is 170 Å². The van der Waals surface area contributed by atoms with Crippen LogP contribution in [0.5, 0.6) is 0 Å². The zero-order valence-corrected chi connectivity index (χ0v) is 17.9. The summed E-state index contributed by atoms with van der Waals surface area (Å²) in [6, 6.07) is 7.74. The second kappa shape index (κ2) is 11.9. The molecule has 4 nitrogen and oxygen atoms in total. The molecule has 0 bridgehead atoms. The van der Waals surface area contributed by atoms with Gasteiger partial charge in [0.1, 0.15) is 0 Å². The van der Waals surface area contributed by atoms with E-state index in [9.17, 15) is 9.59 Å². The zero-order chi connectivity index (χ0) is 19.5. The Morgan fingerprint density at radius 3 is 1.37 bits per heavy atom. The highest BCUT2D eigenvalue weighted by atomic mass is 32.1. The Bertz CT molecular complexity index is 661. The summed E-state index contributed by atoms with van der Waals surface area (Å²) < 4.78 is 0. The number of hydrogen-bond donors (Lipinski definition) is 2. The Morgan fingerprint density at radius 1 is 0.667 bits per heavy atom. The van der Waals surface area contributed by atoms with Gasteiger partial charge in [-0.25, -0.2) is 0 Å². The molecule has 0 saturated carbocycles. The predicted molar refractivity (Wildman–Crippen MR) is 115 cm³/mol. The summed E-state index contributed by atoms with van der Waals surface area (Å²) in [5.74, 6) is 0.0979. The summed E-state index contributed by atoms with van der Waals surface area (Å²) in [6.07, 6.45) is 7.99. The van der Waals surface area contributed by atoms with Crippen LogP contribution in [-0.4, -0.2) is 24.9 Å². The number of carbonyl (C=O) groups is 2. The highest BCUT2D eigenvalue weighted by Crippen LogP contribution is 2.15. The molecule has 0 unspecified atom stereocenters. The van der Waals surface area contributed by atoms with E-state index < -0.39 is 0 Å². The van der Waals surface area contributed by atoms with E-state index in [4.69, 9.17) is 0 Å². The molecule has 0 saturated heterocycles. The van der Waals surface area contributed by atoms with Crippen molar-refractivity contribution in [2.24, 2.45) is 0 Å². The van der Waals surface area contributed by atoms with Crippen LogP contribution < -0.4 is 10.6 Å². The molecule has 148 valence electrons. The summed E-state index contributed by atoms with van der Waals surface area (Å²) in [5.41, 5.74) is 0. The van der Waals surface area contributed by atoms with Crippen molar-refractivity contribution in [3.63, 3.8) is 0 Å². The minimum Gasteiger partial charge on any atom is -0.351 e. The van der Waals surface area contributed by atoms with Crippen molar-refractivity contribution in [2.45, 2.75) is 58.8 Å². The van der Waals surface area contributed by atoms with E-state index in [0.717, 1.165) is 48.5 Å². The van der Waals surface area contributed by atoms with Crippen LogP contribution in [0.3, 0.4) is 0 Å². The molecule has 0 aliphatic rings. The molecule has 0 aliphatic heterocycles. The van der Waals surface area contributed by atoms with Crippen molar-refractivity contribution in [1.82, 2.24) is 10.6 Å². The van der Waals surface area contributed by atoms with E-state index in [-0.39, 0.29) is 11.8 Å². The molecule has 0 aromatic carbocycles. The standard InChI is InChI=1S/C21H30N2O2S2/c1-16-10-12-18(26-16)20(24)22-14-8-6-4-3-5-7-9-15-23-21(25)19-13-11-17(2)27-19/h10-13H,3-9,14-15H2,1-2H3,(H,22,24)(H,23,25). The maximum absolute atomic E-state index is 11.9. The number of amides is 2. The fourth-order valence-corrected chi connectivity index (χ4v) is 4.39. The predicted octanol–water partition coefficient (Wildman–Crippen LogP) is 5.32. The first-order valence-corrected chi connectivity index (χ1v) is 11.4. The maximum Gasteiger partial charge on any atom is 0.261 e. The molecule has 2 aromatic rings. The summed E-state index contributed by atoms with van der Waals surface area (Å²) in [5, 5.41) is 5.98. The van der Waals surface area contributed by atoms with Gasteiger partial charge in [0, 0.05) is 22.8 Å². The number of hydrogen-bond acceptors (Lipinski definition) is 4. The van der Waals surface area contributed by atoms with E-state index in [1.165, 1.54) is 29.0 Å². The molecule has 2 N–H and O–H groups in total. The number of unbranched alkanes of at least 4 members (excludes halogenated alkanes) is 6. The summed E-state index contributed by atoms with van der Waals surface area (Å²) >= 11 is 3.08. The van der Waals surface area contributed by atoms with Crippen LogP contribution in [0, 0.1) is 13.8 Å². The molecular weight excluding hydrogens is 376 g/mol. The number of thiophene rings is 2. The van der Waals surface area contributed by atoms with Gasteiger partial charge in [-0.3, -0.25) is 9.59 Å². The Morgan fingerprint density at radius 2 is 1.04 bits per heavy atom. The van der Waals surface area contributed by atoms with Crippen LogP contribution in [0.1, 0.15) is 74.0 Å². The fourth-order valence-electron chi connectivity index (χ4n) is 2.83. The number of carbonyl (C=O) groups excluding carboxylic acids is 2. The van der Waals surface area contributed by atoms with Gasteiger partial charge in [0.25, 0.3) is 11.8 Å². The van der Waals surface area contributed by atoms with Crippen molar-refractivity contribution in [3.8, 4) is 0 Å². The first-order valence-electron chi connectivity index (χ1n) is 9.75. The molecule has 2 rings (SSSR count). The second-order valence-corrected chi connectivity index (χ2v) is 9.38. The van der Waals surface area contributed by atoms with E-state index in [1.807, 2.05) is 38.1 Å². The van der Waals surface area contributed by atoms with Crippen LogP contribution >= 0.6 is 22.7 Å². The van der Waals surface area contributed by atoms with Gasteiger partial charge in [-0.1, -0.05) is 32.1 Å². The molecule has 0 fully saturated rings. The molecule has 2 aromatic heterocycles. The zero-order valence-electron chi connectivity index (χ0n) is 16.3. The first-order chi connectivity index (χ1) is 13.1. The number of nitrogens with one attached hydrogen (secondary N) is 2. The Hall–Kier alpha value is -1.66. The normalized spacial score (nSPS) is 10.7. The quantitative estimate of drug-likeness (QED) is 0.469. The van der Waals surface area contributed by atoms with Gasteiger partial charge < -0.3 is 10.6 Å². The second-order valence-electron chi connectivity index (χ2n) is 6.81. The topological polar surface area (TPSA) is 58.2 Å². The van der Waals surface area contributed by atoms with E-state index in [2.05, 4.69) is 10.6 Å². The molecule has 0 atom stereocenters. The van der Waals surface area contributed by atoms with Crippen LogP contribution in [0.2, 0.25) is 0 Å². The van der Waals surface area contributed by atoms with E-state index >= 15 is 0 Å². The third kappa shape index (κ3) is 8.26. The average molecular weight is 407 g/mol. The van der Waals surface area contributed by atoms with Crippen molar-refractivity contribution >= 4 is 34.5 Å². The van der Waals surface area contributed by atoms with Crippen molar-refractivity contribution in [1.29, 1.82) is 0 Å². The Kier molecular flexibility index (Phi) is 9.56. The van der Waals surface area contributed by atoms with Gasteiger partial charge in [0.05, 0.1) is 9.75 Å². The van der Waals surface area contributed by atoms with Gasteiger partial charge in [0.15, 0.2) is 0 Å². The van der Waals surface area contributed by atoms with Crippen LogP contribution in [0.25, 0.3) is 0 Å². The largest absolute Gasteiger partial charge is 0.351 e. The van der Waals surface area contributed by atoms with E-state index in [1.54, 1.807) is 22.7 Å². The highest BCUT2D eigenvalue weighted by Gasteiger charge is 2.07. The van der Waals surface area contributed by atoms with Crippen LogP contribution in [0.15, 0.2) is 24.3 Å².